The second-order valence-corrected chi connectivity index (χ2v) is 4.15. The smallest absolute Gasteiger partial charge is 0.251 e. The van der Waals surface area contributed by atoms with Gasteiger partial charge in [-0.05, 0) is 19.3 Å². The van der Waals surface area contributed by atoms with Gasteiger partial charge in [-0.15, -0.1) is 0 Å². The number of hydrogen-bond donors (Lipinski definition) is 1. The topological polar surface area (TPSA) is 49.8 Å². The fourth-order valence-corrected chi connectivity index (χ4v) is 2.00. The summed E-state index contributed by atoms with van der Waals surface area (Å²) in [5, 5.41) is 8.83. The second kappa shape index (κ2) is 4.28. The van der Waals surface area contributed by atoms with E-state index in [0.29, 0.717) is 25.6 Å². The van der Waals surface area contributed by atoms with Crippen LogP contribution in [0.2, 0.25) is 0 Å². The Kier molecular flexibility index (Phi) is 3.03. The molecule has 2 fully saturated rings. The molecule has 0 spiro atoms. The monoisotopic (exact) mass is 199 g/mol. The number of likely N-dealkylation sites (tertiary alicyclic amines) is 1. The van der Waals surface area contributed by atoms with E-state index in [-0.39, 0.29) is 18.6 Å². The molecule has 1 atom stereocenters. The molecule has 1 N–H and O–H groups in total. The number of hydrogen-bond acceptors (Lipinski definition) is 3. The molecule has 0 saturated carbocycles. The third kappa shape index (κ3) is 1.91. The van der Waals surface area contributed by atoms with E-state index in [0.717, 1.165) is 19.3 Å². The van der Waals surface area contributed by atoms with Crippen LogP contribution in [0.25, 0.3) is 0 Å². The molecule has 0 aromatic rings. The minimum Gasteiger partial charge on any atom is -0.396 e. The highest BCUT2D eigenvalue weighted by molar-refractivity contribution is 5.81. The average molecular weight is 199 g/mol. The highest BCUT2D eigenvalue weighted by Crippen LogP contribution is 2.20. The Morgan fingerprint density at radius 1 is 1.43 bits per heavy atom. The van der Waals surface area contributed by atoms with Crippen molar-refractivity contribution in [3.63, 3.8) is 0 Å². The van der Waals surface area contributed by atoms with Crippen LogP contribution in [-0.2, 0) is 9.53 Å². The zero-order valence-electron chi connectivity index (χ0n) is 8.32. The summed E-state index contributed by atoms with van der Waals surface area (Å²) < 4.78 is 5.41. The van der Waals surface area contributed by atoms with E-state index in [9.17, 15) is 4.79 Å². The van der Waals surface area contributed by atoms with Crippen molar-refractivity contribution in [3.05, 3.63) is 0 Å². The molecule has 2 aliphatic rings. The Morgan fingerprint density at radius 2 is 2.21 bits per heavy atom. The summed E-state index contributed by atoms with van der Waals surface area (Å²) in [6.07, 6.45) is 2.82. The van der Waals surface area contributed by atoms with Crippen molar-refractivity contribution in [2.75, 3.05) is 26.3 Å². The molecule has 0 bridgehead atoms. The molecule has 2 heterocycles. The van der Waals surface area contributed by atoms with Crippen molar-refractivity contribution in [2.24, 2.45) is 5.92 Å². The number of aliphatic hydroxyl groups excluding tert-OH is 1. The van der Waals surface area contributed by atoms with Gasteiger partial charge in [0.2, 0.25) is 0 Å². The number of nitrogens with zero attached hydrogens (tertiary/aromatic N) is 1. The Labute approximate surface area is 83.8 Å². The third-order valence-electron chi connectivity index (χ3n) is 2.98. The zero-order valence-corrected chi connectivity index (χ0v) is 8.32. The minimum absolute atomic E-state index is 0.120. The molecular weight excluding hydrogens is 182 g/mol. The lowest BCUT2D eigenvalue weighted by Gasteiger charge is -2.40. The van der Waals surface area contributed by atoms with E-state index >= 15 is 0 Å². The van der Waals surface area contributed by atoms with E-state index in [1.807, 2.05) is 0 Å². The van der Waals surface area contributed by atoms with Gasteiger partial charge in [0.25, 0.3) is 5.91 Å². The van der Waals surface area contributed by atoms with E-state index in [1.165, 1.54) is 0 Å². The molecule has 0 radical (unpaired) electrons. The summed E-state index contributed by atoms with van der Waals surface area (Å²) in [5.41, 5.74) is 0. The van der Waals surface area contributed by atoms with Crippen LogP contribution in [0.5, 0.6) is 0 Å². The normalized spacial score (nSPS) is 28.6. The maximum absolute atomic E-state index is 11.8. The molecule has 4 heteroatoms. The average Bonchev–Trinajstić information content (AvgIpc) is 2.17. The molecular formula is C10H17NO3. The largest absolute Gasteiger partial charge is 0.396 e. The van der Waals surface area contributed by atoms with Gasteiger partial charge in [-0.1, -0.05) is 0 Å². The van der Waals surface area contributed by atoms with Gasteiger partial charge in [0, 0.05) is 32.2 Å². The third-order valence-corrected chi connectivity index (χ3v) is 2.98. The van der Waals surface area contributed by atoms with Gasteiger partial charge in [-0.3, -0.25) is 4.79 Å². The Hall–Kier alpha value is -0.610. The van der Waals surface area contributed by atoms with Gasteiger partial charge in [-0.2, -0.15) is 0 Å². The van der Waals surface area contributed by atoms with Crippen LogP contribution in [0.4, 0.5) is 0 Å². The molecule has 0 aromatic heterocycles. The van der Waals surface area contributed by atoms with Crippen LogP contribution in [0, 0.1) is 5.92 Å². The van der Waals surface area contributed by atoms with Crippen molar-refractivity contribution in [2.45, 2.75) is 25.4 Å². The molecule has 2 rings (SSSR count). The number of carbonyl (C=O) groups is 1. The predicted octanol–water partition coefficient (Wildman–Crippen LogP) is 0.00620. The van der Waals surface area contributed by atoms with E-state index in [1.54, 1.807) is 4.90 Å². The summed E-state index contributed by atoms with van der Waals surface area (Å²) in [4.78, 5) is 13.5. The van der Waals surface area contributed by atoms with E-state index in [4.69, 9.17) is 9.84 Å². The van der Waals surface area contributed by atoms with Crippen LogP contribution < -0.4 is 0 Å². The van der Waals surface area contributed by atoms with Gasteiger partial charge in [0.15, 0.2) is 0 Å². The number of amides is 1. The maximum Gasteiger partial charge on any atom is 0.251 e. The Morgan fingerprint density at radius 3 is 2.79 bits per heavy atom. The molecule has 1 unspecified atom stereocenters. The van der Waals surface area contributed by atoms with Crippen LogP contribution in [0.1, 0.15) is 19.3 Å². The number of carbonyl (C=O) groups excluding carboxylic acids is 1. The summed E-state index contributed by atoms with van der Waals surface area (Å²) in [7, 11) is 0. The zero-order chi connectivity index (χ0) is 9.97. The summed E-state index contributed by atoms with van der Waals surface area (Å²) >= 11 is 0. The van der Waals surface area contributed by atoms with E-state index < -0.39 is 0 Å². The molecule has 14 heavy (non-hydrogen) atoms. The molecule has 0 aliphatic carbocycles. The Bertz CT molecular complexity index is 207. The van der Waals surface area contributed by atoms with Crippen LogP contribution in [0.15, 0.2) is 0 Å². The van der Waals surface area contributed by atoms with Gasteiger partial charge in [0.1, 0.15) is 6.10 Å². The van der Waals surface area contributed by atoms with Crippen LogP contribution >= 0.6 is 0 Å². The maximum atomic E-state index is 11.8. The first-order valence-corrected chi connectivity index (χ1v) is 5.32. The van der Waals surface area contributed by atoms with Crippen molar-refractivity contribution < 1.29 is 14.6 Å². The van der Waals surface area contributed by atoms with Crippen molar-refractivity contribution >= 4 is 5.91 Å². The van der Waals surface area contributed by atoms with Crippen LogP contribution in [-0.4, -0.2) is 48.3 Å². The SMILES string of the molecule is O=C(C1CCCCO1)N1CC(CO)C1. The van der Waals surface area contributed by atoms with Crippen molar-refractivity contribution in [1.82, 2.24) is 4.90 Å². The first kappa shape index (κ1) is 9.93. The standard InChI is InChI=1S/C10H17NO3/c12-7-8-5-11(6-8)10(13)9-3-1-2-4-14-9/h8-9,12H,1-7H2. The van der Waals surface area contributed by atoms with Crippen molar-refractivity contribution in [1.29, 1.82) is 0 Å². The quantitative estimate of drug-likeness (QED) is 0.681. The lowest BCUT2D eigenvalue weighted by Crippen LogP contribution is -2.55. The number of aliphatic hydroxyl groups is 1. The van der Waals surface area contributed by atoms with Gasteiger partial charge in [0.05, 0.1) is 0 Å². The summed E-state index contributed by atoms with van der Waals surface area (Å²) in [5.74, 6) is 0.414. The fourth-order valence-electron chi connectivity index (χ4n) is 2.00. The van der Waals surface area contributed by atoms with Gasteiger partial charge in [-0.25, -0.2) is 0 Å². The summed E-state index contributed by atoms with van der Waals surface area (Å²) in [6.45, 7) is 2.31. The predicted molar refractivity (Wildman–Crippen MR) is 50.7 cm³/mol. The first-order chi connectivity index (χ1) is 6.81. The lowest BCUT2D eigenvalue weighted by atomic mass is 9.99. The Balaban J connectivity index is 1.78. The van der Waals surface area contributed by atoms with Crippen molar-refractivity contribution in [3.8, 4) is 0 Å². The molecule has 2 aliphatic heterocycles. The van der Waals surface area contributed by atoms with Gasteiger partial charge >= 0.3 is 0 Å². The molecule has 80 valence electrons. The lowest BCUT2D eigenvalue weighted by molar-refractivity contribution is -0.153. The molecule has 0 aromatic carbocycles. The summed E-state index contributed by atoms with van der Waals surface area (Å²) in [6, 6.07) is 0. The number of ether oxygens (including phenoxy) is 1. The molecule has 4 nitrogen and oxygen atoms in total. The highest BCUT2D eigenvalue weighted by atomic mass is 16.5. The first-order valence-electron chi connectivity index (χ1n) is 5.32. The fraction of sp³-hybridized carbons (Fsp3) is 0.900. The van der Waals surface area contributed by atoms with Crippen LogP contribution in [0.3, 0.4) is 0 Å². The highest BCUT2D eigenvalue weighted by Gasteiger charge is 2.34. The second-order valence-electron chi connectivity index (χ2n) is 4.15. The van der Waals surface area contributed by atoms with Gasteiger partial charge < -0.3 is 14.7 Å². The molecule has 1 amide bonds. The number of rotatable bonds is 2. The molecule has 2 saturated heterocycles. The van der Waals surface area contributed by atoms with E-state index in [2.05, 4.69) is 0 Å². The minimum atomic E-state index is -0.205.